The molecule has 1 N–H and O–H groups in total. The van der Waals surface area contributed by atoms with Gasteiger partial charge in [0, 0.05) is 23.7 Å². The molecule has 0 radical (unpaired) electrons. The Balaban J connectivity index is 2.03. The van der Waals surface area contributed by atoms with Crippen molar-refractivity contribution >= 4 is 46.4 Å². The topological polar surface area (TPSA) is 12.0 Å². The Morgan fingerprint density at radius 1 is 0.850 bits per heavy atom. The van der Waals surface area contributed by atoms with Crippen molar-refractivity contribution in [3.05, 3.63) is 67.4 Å². The predicted octanol–water partition coefficient (Wildman–Crippen LogP) is 5.73. The van der Waals surface area contributed by atoms with E-state index in [0.717, 1.165) is 11.1 Å². The highest BCUT2D eigenvalue weighted by atomic mass is 35.5. The van der Waals surface area contributed by atoms with Crippen LogP contribution in [0.5, 0.6) is 0 Å². The number of nitrogens with one attached hydrogen (secondary N) is 1. The highest BCUT2D eigenvalue weighted by Gasteiger charge is 2.09. The fourth-order valence-corrected chi connectivity index (χ4v) is 2.60. The Hall–Kier alpha value is -0.510. The number of rotatable bonds is 4. The van der Waals surface area contributed by atoms with E-state index in [0.29, 0.717) is 28.2 Å². The van der Waals surface area contributed by atoms with Gasteiger partial charge >= 0.3 is 0 Å². The van der Waals surface area contributed by atoms with Gasteiger partial charge in [0.15, 0.2) is 0 Å². The van der Waals surface area contributed by atoms with E-state index in [1.165, 1.54) is 6.07 Å². The van der Waals surface area contributed by atoms with Crippen molar-refractivity contribution in [1.82, 2.24) is 5.32 Å². The maximum Gasteiger partial charge on any atom is 0.141 e. The van der Waals surface area contributed by atoms with Gasteiger partial charge < -0.3 is 5.32 Å². The Kier molecular flexibility index (Phi) is 5.53. The second-order valence-electron chi connectivity index (χ2n) is 4.17. The molecule has 0 unspecified atom stereocenters. The summed E-state index contributed by atoms with van der Waals surface area (Å²) < 4.78 is 13.0. The third-order valence-corrected chi connectivity index (χ3v) is 4.24. The monoisotopic (exact) mass is 351 g/mol. The Morgan fingerprint density at radius 3 is 2.25 bits per heavy atom. The molecule has 0 saturated carbocycles. The molecule has 0 aromatic heterocycles. The lowest BCUT2D eigenvalue weighted by atomic mass is 10.2. The van der Waals surface area contributed by atoms with Crippen molar-refractivity contribution in [3.63, 3.8) is 0 Å². The summed E-state index contributed by atoms with van der Waals surface area (Å²) in [6.07, 6.45) is 0. The van der Waals surface area contributed by atoms with Crippen molar-refractivity contribution in [3.8, 4) is 0 Å². The maximum atomic E-state index is 13.0. The number of halogens is 5. The first kappa shape index (κ1) is 15.9. The lowest BCUT2D eigenvalue weighted by Gasteiger charge is -2.10. The summed E-state index contributed by atoms with van der Waals surface area (Å²) in [5.41, 5.74) is 1.60. The van der Waals surface area contributed by atoms with Crippen molar-refractivity contribution in [2.75, 3.05) is 0 Å². The zero-order valence-corrected chi connectivity index (χ0v) is 13.2. The van der Waals surface area contributed by atoms with Crippen LogP contribution in [0.15, 0.2) is 30.3 Å². The fourth-order valence-electron chi connectivity index (χ4n) is 1.71. The number of hydrogen-bond donors (Lipinski definition) is 1. The van der Waals surface area contributed by atoms with Gasteiger partial charge in [-0.1, -0.05) is 52.5 Å². The largest absolute Gasteiger partial charge is 0.309 e. The zero-order valence-electron chi connectivity index (χ0n) is 10.2. The summed E-state index contributed by atoms with van der Waals surface area (Å²) in [7, 11) is 0. The molecule has 1 nitrogen and oxygen atoms in total. The first-order chi connectivity index (χ1) is 9.49. The second-order valence-corrected chi connectivity index (χ2v) is 5.77. The number of benzene rings is 2. The smallest absolute Gasteiger partial charge is 0.141 e. The quantitative estimate of drug-likeness (QED) is 0.693. The summed E-state index contributed by atoms with van der Waals surface area (Å²) >= 11 is 23.8. The molecule has 0 amide bonds. The van der Waals surface area contributed by atoms with Gasteiger partial charge in [0.2, 0.25) is 0 Å². The predicted molar refractivity (Wildman–Crippen MR) is 83.4 cm³/mol. The summed E-state index contributed by atoms with van der Waals surface area (Å²) in [6, 6.07) is 7.91. The van der Waals surface area contributed by atoms with E-state index < -0.39 is 5.82 Å². The summed E-state index contributed by atoms with van der Waals surface area (Å²) in [4.78, 5) is 0. The lowest BCUT2D eigenvalue weighted by molar-refractivity contribution is 0.625. The molecule has 0 atom stereocenters. The van der Waals surface area contributed by atoms with Crippen LogP contribution >= 0.6 is 46.4 Å². The van der Waals surface area contributed by atoms with Crippen LogP contribution in [-0.2, 0) is 13.1 Å². The van der Waals surface area contributed by atoms with E-state index in [9.17, 15) is 4.39 Å². The van der Waals surface area contributed by atoms with Crippen molar-refractivity contribution < 1.29 is 4.39 Å². The molecular formula is C14H10Cl4FN. The van der Waals surface area contributed by atoms with Crippen molar-refractivity contribution in [1.29, 1.82) is 0 Å². The van der Waals surface area contributed by atoms with E-state index in [-0.39, 0.29) is 5.02 Å². The van der Waals surface area contributed by atoms with Gasteiger partial charge in [0.25, 0.3) is 0 Å². The van der Waals surface area contributed by atoms with Crippen LogP contribution < -0.4 is 5.32 Å². The Morgan fingerprint density at radius 2 is 1.55 bits per heavy atom. The van der Waals surface area contributed by atoms with Crippen LogP contribution in [0.25, 0.3) is 0 Å². The first-order valence-electron chi connectivity index (χ1n) is 5.76. The third-order valence-electron chi connectivity index (χ3n) is 2.75. The van der Waals surface area contributed by atoms with Crippen molar-refractivity contribution in [2.45, 2.75) is 13.1 Å². The molecule has 0 spiro atoms. The highest BCUT2D eigenvalue weighted by molar-refractivity contribution is 6.44. The minimum Gasteiger partial charge on any atom is -0.309 e. The van der Waals surface area contributed by atoms with Crippen LogP contribution in [-0.4, -0.2) is 0 Å². The molecule has 0 heterocycles. The zero-order chi connectivity index (χ0) is 14.7. The molecule has 0 bridgehead atoms. The van der Waals surface area contributed by atoms with Gasteiger partial charge in [-0.25, -0.2) is 4.39 Å². The molecule has 106 valence electrons. The second kappa shape index (κ2) is 6.97. The van der Waals surface area contributed by atoms with Gasteiger partial charge in [-0.15, -0.1) is 0 Å². The Labute approximate surface area is 136 Å². The maximum absolute atomic E-state index is 13.0. The van der Waals surface area contributed by atoms with Gasteiger partial charge in [0.1, 0.15) is 5.82 Å². The first-order valence-corrected chi connectivity index (χ1v) is 7.27. The highest BCUT2D eigenvalue weighted by Crippen LogP contribution is 2.31. The van der Waals surface area contributed by atoms with E-state index in [1.54, 1.807) is 24.3 Å². The minimum atomic E-state index is -0.434. The van der Waals surface area contributed by atoms with Gasteiger partial charge in [0.05, 0.1) is 15.1 Å². The molecule has 2 aromatic carbocycles. The summed E-state index contributed by atoms with van der Waals surface area (Å²) in [5.74, 6) is -0.434. The molecule has 0 saturated heterocycles. The molecule has 0 fully saturated rings. The molecule has 2 aromatic rings. The van der Waals surface area contributed by atoms with Crippen LogP contribution in [0.4, 0.5) is 4.39 Å². The molecular weight excluding hydrogens is 343 g/mol. The standard InChI is InChI=1S/C14H10Cl4FN/c15-10-2-3-11(16)14(18)9(10)7-20-6-8-1-4-13(19)12(17)5-8/h1-5,20H,6-7H2. The molecule has 20 heavy (non-hydrogen) atoms. The Bertz CT molecular complexity index is 631. The van der Waals surface area contributed by atoms with Crippen LogP contribution in [0.3, 0.4) is 0 Å². The molecule has 0 aliphatic rings. The molecule has 0 aliphatic heterocycles. The molecule has 2 rings (SSSR count). The van der Waals surface area contributed by atoms with Crippen molar-refractivity contribution in [2.24, 2.45) is 0 Å². The average molecular weight is 353 g/mol. The van der Waals surface area contributed by atoms with E-state index in [1.807, 2.05) is 0 Å². The number of hydrogen-bond acceptors (Lipinski definition) is 1. The van der Waals surface area contributed by atoms with Crippen LogP contribution in [0, 0.1) is 5.82 Å². The fraction of sp³-hybridized carbons (Fsp3) is 0.143. The van der Waals surface area contributed by atoms with Gasteiger partial charge in [-0.05, 0) is 29.8 Å². The van der Waals surface area contributed by atoms with Crippen LogP contribution in [0.1, 0.15) is 11.1 Å². The van der Waals surface area contributed by atoms with E-state index in [4.69, 9.17) is 46.4 Å². The summed E-state index contributed by atoms with van der Waals surface area (Å²) in [6.45, 7) is 0.965. The van der Waals surface area contributed by atoms with E-state index in [2.05, 4.69) is 5.32 Å². The molecule has 6 heteroatoms. The summed E-state index contributed by atoms with van der Waals surface area (Å²) in [5, 5.41) is 4.70. The normalized spacial score (nSPS) is 10.8. The molecule has 0 aliphatic carbocycles. The lowest BCUT2D eigenvalue weighted by Crippen LogP contribution is -2.13. The van der Waals surface area contributed by atoms with Crippen LogP contribution in [0.2, 0.25) is 20.1 Å². The van der Waals surface area contributed by atoms with E-state index >= 15 is 0 Å². The van der Waals surface area contributed by atoms with Gasteiger partial charge in [-0.2, -0.15) is 0 Å². The minimum absolute atomic E-state index is 0.100. The SMILES string of the molecule is Fc1ccc(CNCc2c(Cl)ccc(Cl)c2Cl)cc1Cl. The average Bonchev–Trinajstić information content (AvgIpc) is 2.42. The third kappa shape index (κ3) is 3.78. The van der Waals surface area contributed by atoms with Gasteiger partial charge in [-0.3, -0.25) is 0 Å².